The van der Waals surface area contributed by atoms with E-state index in [1.54, 1.807) is 4.68 Å². The molecular weight excluding hydrogens is 166 g/mol. The van der Waals surface area contributed by atoms with E-state index in [1.165, 1.54) is 0 Å². The molecular formula is C8H17N5. The summed E-state index contributed by atoms with van der Waals surface area (Å²) < 4.78 is 1.71. The van der Waals surface area contributed by atoms with Crippen LogP contribution in [0.5, 0.6) is 0 Å². The van der Waals surface area contributed by atoms with E-state index in [9.17, 15) is 0 Å². The molecule has 1 aromatic heterocycles. The van der Waals surface area contributed by atoms with Gasteiger partial charge in [0.05, 0.1) is 5.69 Å². The Morgan fingerprint density at radius 3 is 3.00 bits per heavy atom. The first kappa shape index (κ1) is 10.1. The number of hydrogen-bond acceptors (Lipinski definition) is 4. The Morgan fingerprint density at radius 1 is 1.54 bits per heavy atom. The number of nitrogens with one attached hydrogen (secondary N) is 1. The van der Waals surface area contributed by atoms with E-state index in [-0.39, 0.29) is 0 Å². The molecule has 0 saturated heterocycles. The Balaban J connectivity index is 2.06. The van der Waals surface area contributed by atoms with Crippen molar-refractivity contribution in [3.05, 3.63) is 11.9 Å². The van der Waals surface area contributed by atoms with E-state index < -0.39 is 0 Å². The van der Waals surface area contributed by atoms with Crippen molar-refractivity contribution in [2.45, 2.75) is 19.4 Å². The monoisotopic (exact) mass is 183 g/mol. The molecule has 1 aromatic rings. The number of hydrogen-bond donors (Lipinski definition) is 2. The fourth-order valence-corrected chi connectivity index (χ4v) is 1.09. The predicted octanol–water partition coefficient (Wildman–Crippen LogP) is -0.356. The van der Waals surface area contributed by atoms with Crippen LogP contribution in [0.1, 0.15) is 18.5 Å². The molecule has 5 heteroatoms. The van der Waals surface area contributed by atoms with Gasteiger partial charge in [0, 0.05) is 19.8 Å². The fourth-order valence-electron chi connectivity index (χ4n) is 1.09. The lowest BCUT2D eigenvalue weighted by Crippen LogP contribution is -2.16. The molecule has 0 aliphatic heterocycles. The maximum absolute atomic E-state index is 5.37. The molecule has 0 bridgehead atoms. The summed E-state index contributed by atoms with van der Waals surface area (Å²) in [4.78, 5) is 0. The van der Waals surface area contributed by atoms with Crippen molar-refractivity contribution in [2.75, 3.05) is 13.1 Å². The van der Waals surface area contributed by atoms with E-state index in [1.807, 2.05) is 13.2 Å². The number of rotatable bonds is 6. The Hall–Kier alpha value is -0.940. The highest BCUT2D eigenvalue weighted by molar-refractivity contribution is 4.90. The molecule has 0 atom stereocenters. The van der Waals surface area contributed by atoms with Gasteiger partial charge in [-0.1, -0.05) is 5.21 Å². The van der Waals surface area contributed by atoms with Gasteiger partial charge in [-0.05, 0) is 25.9 Å². The van der Waals surface area contributed by atoms with Crippen LogP contribution >= 0.6 is 0 Å². The summed E-state index contributed by atoms with van der Waals surface area (Å²) in [6.07, 6.45) is 4.11. The maximum Gasteiger partial charge on any atom is 0.0964 e. The average molecular weight is 183 g/mol. The molecule has 0 amide bonds. The highest BCUT2D eigenvalue weighted by Gasteiger charge is 1.95. The average Bonchev–Trinajstić information content (AvgIpc) is 2.51. The number of aryl methyl sites for hydroxylation is 1. The molecule has 0 fully saturated rings. The lowest BCUT2D eigenvalue weighted by molar-refractivity contribution is 0.619. The van der Waals surface area contributed by atoms with Crippen LogP contribution < -0.4 is 11.1 Å². The minimum atomic E-state index is 0.771. The minimum Gasteiger partial charge on any atom is -0.330 e. The van der Waals surface area contributed by atoms with E-state index in [0.717, 1.165) is 38.2 Å². The van der Waals surface area contributed by atoms with Crippen molar-refractivity contribution in [1.29, 1.82) is 0 Å². The Labute approximate surface area is 78.3 Å². The third-order valence-corrected chi connectivity index (χ3v) is 1.76. The third kappa shape index (κ3) is 4.00. The van der Waals surface area contributed by atoms with Crippen molar-refractivity contribution >= 4 is 0 Å². The zero-order valence-corrected chi connectivity index (χ0v) is 8.03. The number of nitrogens with two attached hydrogens (primary N) is 1. The van der Waals surface area contributed by atoms with E-state index in [0.29, 0.717) is 0 Å². The summed E-state index contributed by atoms with van der Waals surface area (Å²) >= 11 is 0. The van der Waals surface area contributed by atoms with Crippen LogP contribution in [0, 0.1) is 0 Å². The smallest absolute Gasteiger partial charge is 0.0964 e. The Bertz CT molecular complexity index is 232. The van der Waals surface area contributed by atoms with Crippen LogP contribution in [0.25, 0.3) is 0 Å². The molecule has 0 aliphatic carbocycles. The summed E-state index contributed by atoms with van der Waals surface area (Å²) in [5, 5.41) is 11.1. The summed E-state index contributed by atoms with van der Waals surface area (Å²) in [7, 11) is 1.87. The molecule has 1 rings (SSSR count). The molecule has 74 valence electrons. The van der Waals surface area contributed by atoms with Crippen LogP contribution in [-0.2, 0) is 13.6 Å². The fraction of sp³-hybridized carbons (Fsp3) is 0.750. The topological polar surface area (TPSA) is 68.8 Å². The van der Waals surface area contributed by atoms with Gasteiger partial charge in [-0.15, -0.1) is 5.10 Å². The highest BCUT2D eigenvalue weighted by Crippen LogP contribution is 1.90. The first-order valence-corrected chi connectivity index (χ1v) is 4.59. The van der Waals surface area contributed by atoms with Gasteiger partial charge < -0.3 is 11.1 Å². The van der Waals surface area contributed by atoms with Gasteiger partial charge in [0.25, 0.3) is 0 Å². The predicted molar refractivity (Wildman–Crippen MR) is 51.0 cm³/mol. The normalized spacial score (nSPS) is 10.6. The van der Waals surface area contributed by atoms with Gasteiger partial charge >= 0.3 is 0 Å². The zero-order valence-electron chi connectivity index (χ0n) is 8.03. The van der Waals surface area contributed by atoms with Crippen molar-refractivity contribution in [3.8, 4) is 0 Å². The third-order valence-electron chi connectivity index (χ3n) is 1.76. The van der Waals surface area contributed by atoms with E-state index in [4.69, 9.17) is 5.73 Å². The van der Waals surface area contributed by atoms with Gasteiger partial charge in [-0.25, -0.2) is 0 Å². The van der Waals surface area contributed by atoms with Crippen molar-refractivity contribution < 1.29 is 0 Å². The Morgan fingerprint density at radius 2 is 2.38 bits per heavy atom. The molecule has 1 heterocycles. The standard InChI is InChI=1S/C8H17N5/c1-13-7-8(11-12-13)6-10-5-3-2-4-9/h7,10H,2-6,9H2,1H3. The largest absolute Gasteiger partial charge is 0.330 e. The second-order valence-corrected chi connectivity index (χ2v) is 3.06. The van der Waals surface area contributed by atoms with Gasteiger partial charge in [-0.2, -0.15) is 0 Å². The van der Waals surface area contributed by atoms with Crippen LogP contribution in [0.3, 0.4) is 0 Å². The minimum absolute atomic E-state index is 0.771. The van der Waals surface area contributed by atoms with Gasteiger partial charge in [0.2, 0.25) is 0 Å². The molecule has 0 spiro atoms. The SMILES string of the molecule is Cn1cc(CNCCCCN)nn1. The van der Waals surface area contributed by atoms with Crippen LogP contribution in [0.2, 0.25) is 0 Å². The van der Waals surface area contributed by atoms with Crippen molar-refractivity contribution in [2.24, 2.45) is 12.8 Å². The zero-order chi connectivity index (χ0) is 9.52. The molecule has 0 unspecified atom stereocenters. The lowest BCUT2D eigenvalue weighted by atomic mass is 10.3. The van der Waals surface area contributed by atoms with Gasteiger partial charge in [0.1, 0.15) is 0 Å². The van der Waals surface area contributed by atoms with Gasteiger partial charge in [-0.3, -0.25) is 4.68 Å². The quantitative estimate of drug-likeness (QED) is 0.591. The molecule has 3 N–H and O–H groups in total. The first-order chi connectivity index (χ1) is 6.33. The lowest BCUT2D eigenvalue weighted by Gasteiger charge is -2.00. The highest BCUT2D eigenvalue weighted by atomic mass is 15.4. The Kier molecular flexibility index (Phi) is 4.42. The molecule has 5 nitrogen and oxygen atoms in total. The summed E-state index contributed by atoms with van der Waals surface area (Å²) in [6.45, 7) is 2.55. The summed E-state index contributed by atoms with van der Waals surface area (Å²) in [5.74, 6) is 0. The second kappa shape index (κ2) is 5.66. The molecule has 0 radical (unpaired) electrons. The van der Waals surface area contributed by atoms with E-state index in [2.05, 4.69) is 15.6 Å². The molecule has 0 aromatic carbocycles. The molecule has 13 heavy (non-hydrogen) atoms. The number of aromatic nitrogens is 3. The second-order valence-electron chi connectivity index (χ2n) is 3.06. The molecule has 0 aliphatic rings. The van der Waals surface area contributed by atoms with Crippen LogP contribution in [-0.4, -0.2) is 28.1 Å². The molecule has 0 saturated carbocycles. The van der Waals surface area contributed by atoms with Crippen molar-refractivity contribution in [3.63, 3.8) is 0 Å². The first-order valence-electron chi connectivity index (χ1n) is 4.59. The summed E-state index contributed by atoms with van der Waals surface area (Å²) in [6, 6.07) is 0. The maximum atomic E-state index is 5.37. The van der Waals surface area contributed by atoms with Crippen molar-refractivity contribution in [1.82, 2.24) is 20.3 Å². The van der Waals surface area contributed by atoms with Crippen LogP contribution in [0.15, 0.2) is 6.20 Å². The number of unbranched alkanes of at least 4 members (excludes halogenated alkanes) is 1. The number of nitrogens with zero attached hydrogens (tertiary/aromatic N) is 3. The van der Waals surface area contributed by atoms with E-state index >= 15 is 0 Å². The van der Waals surface area contributed by atoms with Crippen LogP contribution in [0.4, 0.5) is 0 Å². The van der Waals surface area contributed by atoms with Gasteiger partial charge in [0.15, 0.2) is 0 Å². The summed E-state index contributed by atoms with van der Waals surface area (Å²) in [5.41, 5.74) is 6.35.